The van der Waals surface area contributed by atoms with Crippen molar-refractivity contribution in [3.8, 4) is 11.8 Å². The zero-order chi connectivity index (χ0) is 27.2. The number of ether oxygens (including phenoxy) is 1. The van der Waals surface area contributed by atoms with Gasteiger partial charge >= 0.3 is 11.9 Å². The lowest BCUT2D eigenvalue weighted by Gasteiger charge is -2.32. The van der Waals surface area contributed by atoms with Crippen LogP contribution in [0.5, 0.6) is 0 Å². The summed E-state index contributed by atoms with van der Waals surface area (Å²) in [6, 6.07) is 13.3. The van der Waals surface area contributed by atoms with Crippen LogP contribution in [0, 0.1) is 18.3 Å². The van der Waals surface area contributed by atoms with Crippen molar-refractivity contribution in [3.05, 3.63) is 104 Å². The fourth-order valence-corrected chi connectivity index (χ4v) is 4.70. The summed E-state index contributed by atoms with van der Waals surface area (Å²) in [5, 5.41) is 9.17. The summed E-state index contributed by atoms with van der Waals surface area (Å²) in [5.41, 5.74) is 0.626. The van der Waals surface area contributed by atoms with Gasteiger partial charge in [-0.3, -0.25) is 13.9 Å². The molecule has 0 unspecified atom stereocenters. The van der Waals surface area contributed by atoms with Gasteiger partial charge in [-0.25, -0.2) is 4.79 Å². The standard InChI is InChI=1S/C27H23F3N5O3/c1-17-23(25(36)32(2)26(37)35(17)21-5-3-4-19(14-21)27(28,29)30)24-22(33-10-12-38-13-11-33)16-34(24)20-8-6-18(15-31)7-9-20/h3-9,14,16H,10-13H2,1-2H3/q+1. The molecule has 2 aromatic carbocycles. The van der Waals surface area contributed by atoms with E-state index in [9.17, 15) is 28.0 Å². The van der Waals surface area contributed by atoms with Crippen LogP contribution < -0.4 is 11.2 Å². The predicted molar refractivity (Wildman–Crippen MR) is 133 cm³/mol. The van der Waals surface area contributed by atoms with Crippen LogP contribution in [-0.4, -0.2) is 50.6 Å². The average molecular weight is 523 g/mol. The summed E-state index contributed by atoms with van der Waals surface area (Å²) in [6.45, 7) is 3.73. The Bertz CT molecular complexity index is 1650. The third kappa shape index (κ3) is 4.22. The van der Waals surface area contributed by atoms with E-state index in [2.05, 4.69) is 11.0 Å². The van der Waals surface area contributed by atoms with Crippen LogP contribution in [0.15, 0.2) is 70.0 Å². The van der Waals surface area contributed by atoms with Crippen LogP contribution in [0.1, 0.15) is 22.4 Å². The molecule has 0 radical (unpaired) electrons. The van der Waals surface area contributed by atoms with Gasteiger partial charge in [-0.1, -0.05) is 6.07 Å². The number of nitriles is 1. The molecule has 0 atom stereocenters. The van der Waals surface area contributed by atoms with E-state index in [4.69, 9.17) is 4.74 Å². The first-order valence-electron chi connectivity index (χ1n) is 11.8. The monoisotopic (exact) mass is 522 g/mol. The highest BCUT2D eigenvalue weighted by molar-refractivity contribution is 6.12. The molecule has 1 fully saturated rings. The van der Waals surface area contributed by atoms with Crippen molar-refractivity contribution in [3.63, 3.8) is 0 Å². The van der Waals surface area contributed by atoms with Crippen LogP contribution >= 0.6 is 0 Å². The van der Waals surface area contributed by atoms with Crippen molar-refractivity contribution in [2.75, 3.05) is 26.3 Å². The Balaban J connectivity index is 1.75. The number of benzene rings is 2. The van der Waals surface area contributed by atoms with Gasteiger partial charge in [0.05, 0.1) is 36.1 Å². The Morgan fingerprint density at radius 2 is 1.74 bits per heavy atom. The summed E-state index contributed by atoms with van der Waals surface area (Å²) in [7, 11) is 1.31. The number of morpholine rings is 1. The molecular weight excluding hydrogens is 499 g/mol. The predicted octanol–water partition coefficient (Wildman–Crippen LogP) is 3.06. The van der Waals surface area contributed by atoms with Gasteiger partial charge in [0.25, 0.3) is 11.3 Å². The van der Waals surface area contributed by atoms with E-state index in [1.165, 1.54) is 19.2 Å². The molecule has 11 heteroatoms. The molecule has 0 amide bonds. The largest absolute Gasteiger partial charge is 0.416 e. The Labute approximate surface area is 215 Å². The third-order valence-electron chi connectivity index (χ3n) is 6.72. The van der Waals surface area contributed by atoms with Crippen LogP contribution in [0.25, 0.3) is 5.69 Å². The number of hydrogen-bond donors (Lipinski definition) is 0. The minimum absolute atomic E-state index is 0.000855. The molecular formula is C27H23F3N5O3+. The maximum atomic E-state index is 13.6. The average Bonchev–Trinajstić information content (AvgIpc) is 2.90. The highest BCUT2D eigenvalue weighted by atomic mass is 19.4. The first kappa shape index (κ1) is 25.2. The van der Waals surface area contributed by atoms with Gasteiger partial charge in [0.15, 0.2) is 5.70 Å². The minimum Gasteiger partial charge on any atom is -0.378 e. The summed E-state index contributed by atoms with van der Waals surface area (Å²) in [4.78, 5) is 28.8. The Morgan fingerprint density at radius 1 is 1.05 bits per heavy atom. The second kappa shape index (κ2) is 9.46. The highest BCUT2D eigenvalue weighted by Crippen LogP contribution is 2.31. The van der Waals surface area contributed by atoms with Crippen molar-refractivity contribution in [1.82, 2.24) is 14.0 Å². The molecule has 0 bridgehead atoms. The lowest BCUT2D eigenvalue weighted by atomic mass is 10.00. The molecule has 194 valence electrons. The molecule has 2 aliphatic heterocycles. The molecule has 0 saturated carbocycles. The Morgan fingerprint density at radius 3 is 2.37 bits per heavy atom. The van der Waals surface area contributed by atoms with Gasteiger partial charge in [0, 0.05) is 38.0 Å². The fourth-order valence-electron chi connectivity index (χ4n) is 4.70. The number of halogens is 3. The normalized spacial score (nSPS) is 15.7. The molecule has 2 aliphatic rings. The van der Waals surface area contributed by atoms with E-state index >= 15 is 0 Å². The minimum atomic E-state index is -4.60. The molecule has 0 aliphatic carbocycles. The van der Waals surface area contributed by atoms with Gasteiger partial charge in [-0.05, 0) is 37.3 Å². The van der Waals surface area contributed by atoms with E-state index in [1.54, 1.807) is 35.8 Å². The van der Waals surface area contributed by atoms with Crippen molar-refractivity contribution >= 4 is 11.4 Å². The molecule has 0 N–H and O–H groups in total. The summed E-state index contributed by atoms with van der Waals surface area (Å²) in [5.74, 6) is 0. The van der Waals surface area contributed by atoms with Crippen LogP contribution in [-0.2, 0) is 18.0 Å². The number of alkyl halides is 3. The number of nitrogens with zero attached hydrogens (tertiary/aromatic N) is 5. The second-order valence-electron chi connectivity index (χ2n) is 8.98. The lowest BCUT2D eigenvalue weighted by molar-refractivity contribution is -0.376. The maximum Gasteiger partial charge on any atom is 0.416 e. The smallest absolute Gasteiger partial charge is 0.378 e. The number of aromatic nitrogens is 2. The molecule has 1 aromatic heterocycles. The van der Waals surface area contributed by atoms with Crippen molar-refractivity contribution in [1.29, 1.82) is 5.26 Å². The molecule has 0 spiro atoms. The molecule has 3 heterocycles. The molecule has 3 aromatic rings. The molecule has 1 saturated heterocycles. The van der Waals surface area contributed by atoms with Crippen LogP contribution in [0.2, 0.25) is 0 Å². The first-order chi connectivity index (χ1) is 18.1. The van der Waals surface area contributed by atoms with E-state index in [0.717, 1.165) is 27.0 Å². The number of rotatable bonds is 4. The van der Waals surface area contributed by atoms with Crippen molar-refractivity contribution in [2.24, 2.45) is 7.05 Å². The number of allylic oxidation sites excluding steroid dienone is 1. The van der Waals surface area contributed by atoms with Crippen LogP contribution in [0.4, 0.5) is 18.9 Å². The highest BCUT2D eigenvalue weighted by Gasteiger charge is 2.41. The van der Waals surface area contributed by atoms with Gasteiger partial charge < -0.3 is 9.64 Å². The van der Waals surface area contributed by atoms with E-state index in [-0.39, 0.29) is 16.9 Å². The van der Waals surface area contributed by atoms with Crippen molar-refractivity contribution < 1.29 is 22.5 Å². The van der Waals surface area contributed by atoms with Gasteiger partial charge in [-0.2, -0.15) is 23.0 Å². The Hall–Kier alpha value is -4.43. The van der Waals surface area contributed by atoms with Gasteiger partial charge in [-0.15, -0.1) is 0 Å². The van der Waals surface area contributed by atoms with Gasteiger partial charge in [0.1, 0.15) is 5.56 Å². The Kier molecular flexibility index (Phi) is 6.28. The summed E-state index contributed by atoms with van der Waals surface area (Å²) >= 11 is 0. The van der Waals surface area contributed by atoms with E-state index in [1.807, 2.05) is 6.20 Å². The summed E-state index contributed by atoms with van der Waals surface area (Å²) < 4.78 is 49.7. The third-order valence-corrected chi connectivity index (χ3v) is 6.72. The number of hydrogen-bond acceptors (Lipinski definition) is 5. The van der Waals surface area contributed by atoms with E-state index in [0.29, 0.717) is 43.3 Å². The fraction of sp³-hybridized carbons (Fsp3) is 0.259. The molecule has 8 nitrogen and oxygen atoms in total. The van der Waals surface area contributed by atoms with E-state index < -0.39 is 23.0 Å². The zero-order valence-electron chi connectivity index (χ0n) is 20.6. The maximum absolute atomic E-state index is 13.6. The molecule has 5 rings (SSSR count). The zero-order valence-corrected chi connectivity index (χ0v) is 20.6. The quantitative estimate of drug-likeness (QED) is 0.492. The first-order valence-corrected chi connectivity index (χ1v) is 11.8. The second-order valence-corrected chi connectivity index (χ2v) is 8.98. The van der Waals surface area contributed by atoms with Crippen molar-refractivity contribution in [2.45, 2.75) is 13.1 Å². The van der Waals surface area contributed by atoms with Crippen LogP contribution in [0.3, 0.4) is 0 Å². The van der Waals surface area contributed by atoms with Gasteiger partial charge in [0.2, 0.25) is 11.9 Å². The SMILES string of the molecule is Cc1c(C2=[N+](c3ccc(C#N)cc3)C=C2N2CCOCC2)c(=O)n(C)c(=O)n1-c1cccc(C(F)(F)F)c1. The summed E-state index contributed by atoms with van der Waals surface area (Å²) in [6.07, 6.45) is -2.74. The lowest BCUT2D eigenvalue weighted by Crippen LogP contribution is -2.48. The topological polar surface area (TPSA) is 83.3 Å². The molecule has 38 heavy (non-hydrogen) atoms.